The standard InChI is InChI=1S/C27H24O5/c1-14-4-7-17(21(28)10-14)20-13-24(31)25(18-8-5-15(2)11-22(18)29)26(27(20)32)19-9-6-16(3)12-23(19)30/h4-13,28-32H,1-3H3. The van der Waals surface area contributed by atoms with E-state index in [4.69, 9.17) is 0 Å². The molecule has 0 unspecified atom stereocenters. The second-order valence-corrected chi connectivity index (χ2v) is 8.10. The van der Waals surface area contributed by atoms with Gasteiger partial charge in [0.1, 0.15) is 28.7 Å². The molecule has 0 heterocycles. The maximum atomic E-state index is 11.4. The molecule has 0 aliphatic heterocycles. The minimum atomic E-state index is -0.240. The van der Waals surface area contributed by atoms with Crippen LogP contribution in [0.3, 0.4) is 0 Å². The van der Waals surface area contributed by atoms with Crippen molar-refractivity contribution in [3.05, 3.63) is 77.4 Å². The van der Waals surface area contributed by atoms with Gasteiger partial charge in [-0.2, -0.15) is 0 Å². The Bertz CT molecular complexity index is 1350. The molecule has 4 aromatic carbocycles. The Balaban J connectivity index is 2.12. The van der Waals surface area contributed by atoms with E-state index in [1.54, 1.807) is 54.6 Å². The normalized spacial score (nSPS) is 11.0. The van der Waals surface area contributed by atoms with Crippen molar-refractivity contribution in [2.45, 2.75) is 20.8 Å². The van der Waals surface area contributed by atoms with Gasteiger partial charge in [0, 0.05) is 33.4 Å². The van der Waals surface area contributed by atoms with Crippen molar-refractivity contribution in [2.75, 3.05) is 0 Å². The summed E-state index contributed by atoms with van der Waals surface area (Å²) in [6.45, 7) is 5.49. The van der Waals surface area contributed by atoms with Crippen molar-refractivity contribution >= 4 is 0 Å². The van der Waals surface area contributed by atoms with Crippen LogP contribution in [0.4, 0.5) is 0 Å². The molecule has 0 saturated carbocycles. The second-order valence-electron chi connectivity index (χ2n) is 8.10. The number of benzene rings is 4. The predicted octanol–water partition coefficient (Wildman–Crippen LogP) is 6.14. The minimum Gasteiger partial charge on any atom is -0.507 e. The van der Waals surface area contributed by atoms with Gasteiger partial charge in [-0.3, -0.25) is 0 Å². The summed E-state index contributed by atoms with van der Waals surface area (Å²) in [5.74, 6) is -0.663. The number of phenolic OH excluding ortho intramolecular Hbond substituents is 5. The van der Waals surface area contributed by atoms with Crippen molar-refractivity contribution < 1.29 is 25.5 Å². The van der Waals surface area contributed by atoms with Crippen LogP contribution < -0.4 is 0 Å². The van der Waals surface area contributed by atoms with E-state index in [1.165, 1.54) is 6.07 Å². The maximum absolute atomic E-state index is 11.4. The molecule has 0 aromatic heterocycles. The molecular weight excluding hydrogens is 404 g/mol. The average molecular weight is 428 g/mol. The minimum absolute atomic E-state index is 0.0512. The van der Waals surface area contributed by atoms with Gasteiger partial charge in [-0.05, 0) is 61.7 Å². The lowest BCUT2D eigenvalue weighted by molar-refractivity contribution is 0.457. The molecule has 32 heavy (non-hydrogen) atoms. The van der Waals surface area contributed by atoms with Crippen molar-refractivity contribution in [2.24, 2.45) is 0 Å². The van der Waals surface area contributed by atoms with Crippen LogP contribution in [0.25, 0.3) is 33.4 Å². The lowest BCUT2D eigenvalue weighted by Crippen LogP contribution is -1.93. The predicted molar refractivity (Wildman–Crippen MR) is 125 cm³/mol. The fourth-order valence-corrected chi connectivity index (χ4v) is 3.97. The molecule has 5 heteroatoms. The van der Waals surface area contributed by atoms with Crippen LogP contribution in [0.2, 0.25) is 0 Å². The molecule has 0 bridgehead atoms. The SMILES string of the molecule is Cc1ccc(-c2cc(O)c(-c3ccc(C)cc3O)c(-c3ccc(C)cc3O)c2O)c(O)c1. The number of rotatable bonds is 3. The summed E-state index contributed by atoms with van der Waals surface area (Å²) >= 11 is 0. The van der Waals surface area contributed by atoms with Gasteiger partial charge in [0.05, 0.1) is 0 Å². The highest BCUT2D eigenvalue weighted by Crippen LogP contribution is 2.53. The zero-order chi connectivity index (χ0) is 23.2. The maximum Gasteiger partial charge on any atom is 0.132 e. The quantitative estimate of drug-likeness (QED) is 0.252. The van der Waals surface area contributed by atoms with Gasteiger partial charge < -0.3 is 25.5 Å². The molecule has 0 atom stereocenters. The third kappa shape index (κ3) is 3.58. The fourth-order valence-electron chi connectivity index (χ4n) is 3.97. The van der Waals surface area contributed by atoms with Gasteiger partial charge in [0.2, 0.25) is 0 Å². The van der Waals surface area contributed by atoms with E-state index in [0.29, 0.717) is 11.1 Å². The zero-order valence-electron chi connectivity index (χ0n) is 18.0. The van der Waals surface area contributed by atoms with Crippen LogP contribution in [0.15, 0.2) is 60.7 Å². The molecule has 0 amide bonds. The Morgan fingerprint density at radius 1 is 0.406 bits per heavy atom. The van der Waals surface area contributed by atoms with Gasteiger partial charge in [0.15, 0.2) is 0 Å². The van der Waals surface area contributed by atoms with E-state index < -0.39 is 0 Å². The van der Waals surface area contributed by atoms with Gasteiger partial charge in [0.25, 0.3) is 0 Å². The lowest BCUT2D eigenvalue weighted by atomic mass is 9.87. The molecule has 0 radical (unpaired) electrons. The third-order valence-corrected chi connectivity index (χ3v) is 5.57. The molecule has 0 aliphatic rings. The largest absolute Gasteiger partial charge is 0.507 e. The first-order chi connectivity index (χ1) is 15.2. The van der Waals surface area contributed by atoms with E-state index in [9.17, 15) is 25.5 Å². The molecule has 5 N–H and O–H groups in total. The van der Waals surface area contributed by atoms with Crippen molar-refractivity contribution in [1.82, 2.24) is 0 Å². The van der Waals surface area contributed by atoms with Gasteiger partial charge in [-0.15, -0.1) is 0 Å². The Morgan fingerprint density at radius 3 is 1.25 bits per heavy atom. The summed E-state index contributed by atoms with van der Waals surface area (Å²) in [7, 11) is 0. The monoisotopic (exact) mass is 428 g/mol. The summed E-state index contributed by atoms with van der Waals surface area (Å²) < 4.78 is 0. The molecular formula is C27H24O5. The van der Waals surface area contributed by atoms with Crippen LogP contribution >= 0.6 is 0 Å². The number of aromatic hydroxyl groups is 5. The Morgan fingerprint density at radius 2 is 0.812 bits per heavy atom. The molecule has 0 spiro atoms. The first-order valence-corrected chi connectivity index (χ1v) is 10.2. The molecule has 4 aromatic rings. The summed E-state index contributed by atoms with van der Waals surface area (Å²) in [6, 6.07) is 16.3. The fraction of sp³-hybridized carbons (Fsp3) is 0.111. The second kappa shape index (κ2) is 7.85. The highest BCUT2D eigenvalue weighted by Gasteiger charge is 2.25. The van der Waals surface area contributed by atoms with E-state index in [-0.39, 0.29) is 51.0 Å². The molecule has 0 aliphatic carbocycles. The summed E-state index contributed by atoms with van der Waals surface area (Å²) in [6.07, 6.45) is 0. The van der Waals surface area contributed by atoms with Crippen molar-refractivity contribution in [1.29, 1.82) is 0 Å². The number of hydrogen-bond acceptors (Lipinski definition) is 5. The number of phenols is 5. The molecule has 0 fully saturated rings. The first kappa shape index (κ1) is 21.1. The van der Waals surface area contributed by atoms with Crippen molar-refractivity contribution in [3.8, 4) is 62.1 Å². The molecule has 4 rings (SSSR count). The molecule has 5 nitrogen and oxygen atoms in total. The van der Waals surface area contributed by atoms with Crippen LogP contribution in [0.5, 0.6) is 28.7 Å². The first-order valence-electron chi connectivity index (χ1n) is 10.2. The van der Waals surface area contributed by atoms with E-state index in [1.807, 2.05) is 20.8 Å². The average Bonchev–Trinajstić information content (AvgIpc) is 2.71. The van der Waals surface area contributed by atoms with Gasteiger partial charge >= 0.3 is 0 Å². The third-order valence-electron chi connectivity index (χ3n) is 5.57. The van der Waals surface area contributed by atoms with Crippen LogP contribution in [0.1, 0.15) is 16.7 Å². The van der Waals surface area contributed by atoms with E-state index in [0.717, 1.165) is 16.7 Å². The smallest absolute Gasteiger partial charge is 0.132 e. The summed E-state index contributed by atoms with van der Waals surface area (Å²) in [4.78, 5) is 0. The number of hydrogen-bond donors (Lipinski definition) is 5. The van der Waals surface area contributed by atoms with Gasteiger partial charge in [-0.25, -0.2) is 0 Å². The van der Waals surface area contributed by atoms with E-state index >= 15 is 0 Å². The Kier molecular flexibility index (Phi) is 5.18. The van der Waals surface area contributed by atoms with Crippen LogP contribution in [-0.4, -0.2) is 25.5 Å². The topological polar surface area (TPSA) is 101 Å². The zero-order valence-corrected chi connectivity index (χ0v) is 18.0. The Hall–Kier alpha value is -4.12. The summed E-state index contributed by atoms with van der Waals surface area (Å²) in [5, 5.41) is 54.2. The highest BCUT2D eigenvalue weighted by atomic mass is 16.3. The number of aryl methyl sites for hydroxylation is 3. The highest BCUT2D eigenvalue weighted by molar-refractivity contribution is 5.99. The molecule has 162 valence electrons. The lowest BCUT2D eigenvalue weighted by Gasteiger charge is -2.20. The van der Waals surface area contributed by atoms with Gasteiger partial charge in [-0.1, -0.05) is 36.4 Å². The summed E-state index contributed by atoms with van der Waals surface area (Å²) in [5.41, 5.74) is 3.93. The van der Waals surface area contributed by atoms with E-state index in [2.05, 4.69) is 0 Å². The van der Waals surface area contributed by atoms with Crippen molar-refractivity contribution in [3.63, 3.8) is 0 Å². The van der Waals surface area contributed by atoms with Crippen LogP contribution in [0, 0.1) is 20.8 Å². The Labute approximate surface area is 186 Å². The molecule has 0 saturated heterocycles. The van der Waals surface area contributed by atoms with Crippen LogP contribution in [-0.2, 0) is 0 Å².